The zero-order chi connectivity index (χ0) is 12.4. The molecule has 0 aliphatic carbocycles. The average molecular weight is 225 g/mol. The number of imide groups is 1. The third-order valence-corrected chi connectivity index (χ3v) is 2.25. The van der Waals surface area contributed by atoms with Crippen LogP contribution in [0.5, 0.6) is 0 Å². The van der Waals surface area contributed by atoms with Crippen LogP contribution in [0.2, 0.25) is 0 Å². The minimum absolute atomic E-state index is 0.180. The molecule has 0 aromatic heterocycles. The van der Waals surface area contributed by atoms with Crippen molar-refractivity contribution in [3.8, 4) is 0 Å². The Bertz CT molecular complexity index is 261. The van der Waals surface area contributed by atoms with Gasteiger partial charge in [-0.1, -0.05) is 19.9 Å². The largest absolute Gasteiger partial charge is 0.303 e. The monoisotopic (exact) mass is 225 g/mol. The topological polar surface area (TPSA) is 54.5 Å². The lowest BCUT2D eigenvalue weighted by molar-refractivity contribution is -0.141. The number of amides is 2. The first-order valence-corrected chi connectivity index (χ1v) is 5.57. The molecule has 4 nitrogen and oxygen atoms in total. The molecule has 0 rings (SSSR count). The second-order valence-electron chi connectivity index (χ2n) is 3.46. The number of hydrogen-bond donors (Lipinski definition) is 0. The van der Waals surface area contributed by atoms with Crippen LogP contribution in [0.1, 0.15) is 39.0 Å². The van der Waals surface area contributed by atoms with Gasteiger partial charge < -0.3 is 4.79 Å². The lowest BCUT2D eigenvalue weighted by Gasteiger charge is -2.18. The second-order valence-corrected chi connectivity index (χ2v) is 3.46. The first kappa shape index (κ1) is 14.6. The van der Waals surface area contributed by atoms with Crippen molar-refractivity contribution in [3.05, 3.63) is 12.7 Å². The van der Waals surface area contributed by atoms with Crippen LogP contribution in [0.4, 0.5) is 0 Å². The maximum absolute atomic E-state index is 11.4. The van der Waals surface area contributed by atoms with Gasteiger partial charge in [-0.15, -0.1) is 0 Å². The zero-order valence-electron chi connectivity index (χ0n) is 9.78. The normalized spacial score (nSPS) is 9.56. The van der Waals surface area contributed by atoms with E-state index in [1.165, 1.54) is 4.90 Å². The van der Waals surface area contributed by atoms with Gasteiger partial charge in [-0.25, -0.2) is 0 Å². The van der Waals surface area contributed by atoms with Gasteiger partial charge in [0.25, 0.3) is 5.91 Å². The molecule has 0 spiro atoms. The number of hydrogen-bond acceptors (Lipinski definition) is 3. The molecule has 0 fully saturated rings. The number of carbonyl (C=O) groups is 3. The molecule has 0 unspecified atom stereocenters. The van der Waals surface area contributed by atoms with Gasteiger partial charge in [0.1, 0.15) is 6.29 Å². The van der Waals surface area contributed by atoms with E-state index >= 15 is 0 Å². The summed E-state index contributed by atoms with van der Waals surface area (Å²) >= 11 is 0. The third kappa shape index (κ3) is 5.44. The Morgan fingerprint density at radius 1 is 1.25 bits per heavy atom. The van der Waals surface area contributed by atoms with Gasteiger partial charge in [-0.05, 0) is 18.9 Å². The van der Waals surface area contributed by atoms with Gasteiger partial charge in [0.15, 0.2) is 0 Å². The fourth-order valence-corrected chi connectivity index (χ4v) is 1.33. The molecule has 16 heavy (non-hydrogen) atoms. The number of nitrogens with zero attached hydrogens (tertiary/aromatic N) is 1. The second kappa shape index (κ2) is 8.83. The van der Waals surface area contributed by atoms with Crippen molar-refractivity contribution in [1.82, 2.24) is 4.90 Å². The molecule has 90 valence electrons. The van der Waals surface area contributed by atoms with Crippen LogP contribution in [0.15, 0.2) is 12.7 Å². The molecule has 0 aromatic carbocycles. The van der Waals surface area contributed by atoms with Gasteiger partial charge in [0, 0.05) is 19.4 Å². The molecule has 0 aliphatic rings. The number of rotatable bonds is 8. The van der Waals surface area contributed by atoms with Crippen LogP contribution in [-0.2, 0) is 14.4 Å². The van der Waals surface area contributed by atoms with E-state index in [9.17, 15) is 14.4 Å². The van der Waals surface area contributed by atoms with Gasteiger partial charge in [0.2, 0.25) is 5.91 Å². The molecular formula is C12H19NO3. The van der Waals surface area contributed by atoms with Crippen LogP contribution in [0.3, 0.4) is 0 Å². The van der Waals surface area contributed by atoms with Crippen molar-refractivity contribution in [2.45, 2.75) is 39.0 Å². The standard InChI is InChI=1S/C12H19NO3/c1-3-11(15)13(12(16)4-2)9-7-5-6-8-10-14/h3,10H,1,4-9H2,2H3. The molecule has 0 heterocycles. The average Bonchev–Trinajstić information content (AvgIpc) is 2.32. The highest BCUT2D eigenvalue weighted by atomic mass is 16.2. The summed E-state index contributed by atoms with van der Waals surface area (Å²) in [5.41, 5.74) is 0. The molecule has 0 saturated carbocycles. The van der Waals surface area contributed by atoms with E-state index in [2.05, 4.69) is 6.58 Å². The van der Waals surface area contributed by atoms with E-state index in [1.807, 2.05) is 0 Å². The Morgan fingerprint density at radius 3 is 2.44 bits per heavy atom. The third-order valence-electron chi connectivity index (χ3n) is 2.25. The molecule has 0 bridgehead atoms. The van der Waals surface area contributed by atoms with Crippen LogP contribution in [0.25, 0.3) is 0 Å². The van der Waals surface area contributed by atoms with E-state index < -0.39 is 0 Å². The van der Waals surface area contributed by atoms with Crippen molar-refractivity contribution in [2.75, 3.05) is 6.54 Å². The van der Waals surface area contributed by atoms with Crippen molar-refractivity contribution in [3.63, 3.8) is 0 Å². The first-order chi connectivity index (χ1) is 7.67. The smallest absolute Gasteiger partial charge is 0.252 e. The lowest BCUT2D eigenvalue weighted by Crippen LogP contribution is -2.35. The SMILES string of the molecule is C=CC(=O)N(CCCCCC=O)C(=O)CC. The van der Waals surface area contributed by atoms with Crippen molar-refractivity contribution < 1.29 is 14.4 Å². The fourth-order valence-electron chi connectivity index (χ4n) is 1.33. The van der Waals surface area contributed by atoms with Crippen molar-refractivity contribution in [1.29, 1.82) is 0 Å². The summed E-state index contributed by atoms with van der Waals surface area (Å²) in [7, 11) is 0. The van der Waals surface area contributed by atoms with Crippen LogP contribution < -0.4 is 0 Å². The summed E-state index contributed by atoms with van der Waals surface area (Å²) in [6.45, 7) is 5.50. The molecule has 0 atom stereocenters. The van der Waals surface area contributed by atoms with Gasteiger partial charge >= 0.3 is 0 Å². The highest BCUT2D eigenvalue weighted by Crippen LogP contribution is 2.03. The van der Waals surface area contributed by atoms with Gasteiger partial charge in [-0.3, -0.25) is 14.5 Å². The zero-order valence-corrected chi connectivity index (χ0v) is 9.78. The number of aldehydes is 1. The summed E-state index contributed by atoms with van der Waals surface area (Å²) in [6.07, 6.45) is 5.27. The Hall–Kier alpha value is -1.45. The summed E-state index contributed by atoms with van der Waals surface area (Å²) in [5, 5.41) is 0. The Kier molecular flexibility index (Phi) is 8.03. The Morgan fingerprint density at radius 2 is 1.94 bits per heavy atom. The summed E-state index contributed by atoms with van der Waals surface area (Å²) < 4.78 is 0. The van der Waals surface area contributed by atoms with E-state index in [1.54, 1.807) is 6.92 Å². The lowest BCUT2D eigenvalue weighted by atomic mass is 10.2. The summed E-state index contributed by atoms with van der Waals surface area (Å²) in [5.74, 6) is -0.525. The van der Waals surface area contributed by atoms with E-state index in [0.717, 1.165) is 31.6 Å². The van der Waals surface area contributed by atoms with E-state index in [0.29, 0.717) is 19.4 Å². The predicted molar refractivity (Wildman–Crippen MR) is 61.7 cm³/mol. The Labute approximate surface area is 96.3 Å². The summed E-state index contributed by atoms with van der Waals surface area (Å²) in [6, 6.07) is 0. The van der Waals surface area contributed by atoms with Crippen molar-refractivity contribution in [2.24, 2.45) is 0 Å². The molecule has 4 heteroatoms. The van der Waals surface area contributed by atoms with Gasteiger partial charge in [-0.2, -0.15) is 0 Å². The van der Waals surface area contributed by atoms with Gasteiger partial charge in [0.05, 0.1) is 0 Å². The Balaban J connectivity index is 4.02. The highest BCUT2D eigenvalue weighted by Gasteiger charge is 2.16. The minimum atomic E-state index is -0.345. The maximum Gasteiger partial charge on any atom is 0.252 e. The summed E-state index contributed by atoms with van der Waals surface area (Å²) in [4.78, 5) is 34.1. The number of carbonyl (C=O) groups excluding carboxylic acids is 3. The number of unbranched alkanes of at least 4 members (excludes halogenated alkanes) is 3. The molecular weight excluding hydrogens is 206 g/mol. The highest BCUT2D eigenvalue weighted by molar-refractivity contribution is 6.00. The van der Waals surface area contributed by atoms with Crippen LogP contribution in [-0.4, -0.2) is 29.5 Å². The quantitative estimate of drug-likeness (QED) is 0.359. The molecule has 0 N–H and O–H groups in total. The van der Waals surface area contributed by atoms with Crippen molar-refractivity contribution >= 4 is 18.1 Å². The maximum atomic E-state index is 11.4. The van der Waals surface area contributed by atoms with Crippen LogP contribution >= 0.6 is 0 Å². The van der Waals surface area contributed by atoms with E-state index in [4.69, 9.17) is 0 Å². The predicted octanol–water partition coefficient (Wildman–Crippen LogP) is 1.70. The molecule has 0 aliphatic heterocycles. The minimum Gasteiger partial charge on any atom is -0.303 e. The molecule has 0 saturated heterocycles. The first-order valence-electron chi connectivity index (χ1n) is 5.57. The fraction of sp³-hybridized carbons (Fsp3) is 0.583. The van der Waals surface area contributed by atoms with Crippen LogP contribution in [0, 0.1) is 0 Å². The van der Waals surface area contributed by atoms with E-state index in [-0.39, 0.29) is 11.8 Å². The molecule has 0 aromatic rings. The molecule has 0 radical (unpaired) electrons. The molecule has 2 amide bonds.